The highest BCUT2D eigenvalue weighted by atomic mass is 16.4. The van der Waals surface area contributed by atoms with E-state index in [-0.39, 0.29) is 17.0 Å². The van der Waals surface area contributed by atoms with E-state index in [0.29, 0.717) is 33.8 Å². The van der Waals surface area contributed by atoms with Gasteiger partial charge < -0.3 is 9.52 Å². The molecule has 33 heavy (non-hydrogen) atoms. The SMILES string of the molecule is O=C(O)c1cccc(-c2ccc(C=Nn3c(C4CCCCC4)nc4ccccc4c3=O)o2)c1. The molecule has 2 aromatic heterocycles. The first-order chi connectivity index (χ1) is 16.1. The monoisotopic (exact) mass is 441 g/mol. The van der Waals surface area contributed by atoms with E-state index < -0.39 is 5.97 Å². The first-order valence-electron chi connectivity index (χ1n) is 11.1. The molecular weight excluding hydrogens is 418 g/mol. The molecular formula is C26H23N3O4. The van der Waals surface area contributed by atoms with Crippen LogP contribution in [0.5, 0.6) is 0 Å². The van der Waals surface area contributed by atoms with E-state index >= 15 is 0 Å². The number of benzene rings is 2. The summed E-state index contributed by atoms with van der Waals surface area (Å²) in [6.07, 6.45) is 6.93. The van der Waals surface area contributed by atoms with E-state index in [1.807, 2.05) is 18.2 Å². The fraction of sp³-hybridized carbons (Fsp3) is 0.231. The van der Waals surface area contributed by atoms with E-state index in [2.05, 4.69) is 5.10 Å². The molecule has 1 aliphatic carbocycles. The van der Waals surface area contributed by atoms with Crippen LogP contribution in [-0.2, 0) is 0 Å². The molecule has 0 spiro atoms. The van der Waals surface area contributed by atoms with Gasteiger partial charge in [0.1, 0.15) is 17.3 Å². The molecule has 0 saturated heterocycles. The van der Waals surface area contributed by atoms with Gasteiger partial charge in [0.25, 0.3) is 5.56 Å². The molecule has 0 amide bonds. The van der Waals surface area contributed by atoms with Gasteiger partial charge in [-0.1, -0.05) is 43.5 Å². The third-order valence-corrected chi connectivity index (χ3v) is 6.07. The van der Waals surface area contributed by atoms with Crippen LogP contribution in [0.25, 0.3) is 22.2 Å². The summed E-state index contributed by atoms with van der Waals surface area (Å²) in [5.74, 6) is 0.870. The van der Waals surface area contributed by atoms with Crippen molar-refractivity contribution in [1.82, 2.24) is 9.66 Å². The Bertz CT molecular complexity index is 1410. The van der Waals surface area contributed by atoms with Crippen LogP contribution in [-0.4, -0.2) is 27.0 Å². The predicted octanol–water partition coefficient (Wildman–Crippen LogP) is 5.28. The van der Waals surface area contributed by atoms with Gasteiger partial charge in [-0.3, -0.25) is 4.79 Å². The lowest BCUT2D eigenvalue weighted by molar-refractivity contribution is 0.0697. The number of carbonyl (C=O) groups is 1. The molecule has 0 bridgehead atoms. The molecule has 166 valence electrons. The number of aromatic carboxylic acids is 1. The second kappa shape index (κ2) is 8.86. The summed E-state index contributed by atoms with van der Waals surface area (Å²) in [6.45, 7) is 0. The molecule has 2 heterocycles. The lowest BCUT2D eigenvalue weighted by Gasteiger charge is -2.22. The highest BCUT2D eigenvalue weighted by Gasteiger charge is 2.22. The number of nitrogens with zero attached hydrogens (tertiary/aromatic N) is 3. The quantitative estimate of drug-likeness (QED) is 0.425. The fourth-order valence-corrected chi connectivity index (χ4v) is 4.37. The van der Waals surface area contributed by atoms with Crippen molar-refractivity contribution in [1.29, 1.82) is 0 Å². The maximum atomic E-state index is 13.3. The number of carboxylic acids is 1. The van der Waals surface area contributed by atoms with Crippen LogP contribution in [0.2, 0.25) is 0 Å². The Morgan fingerprint density at radius 1 is 1.06 bits per heavy atom. The summed E-state index contributed by atoms with van der Waals surface area (Å²) >= 11 is 0. The maximum Gasteiger partial charge on any atom is 0.335 e. The second-order valence-corrected chi connectivity index (χ2v) is 8.27. The van der Waals surface area contributed by atoms with Crippen LogP contribution >= 0.6 is 0 Å². The zero-order chi connectivity index (χ0) is 22.8. The molecule has 1 N–H and O–H groups in total. The number of rotatable bonds is 5. The van der Waals surface area contributed by atoms with Gasteiger partial charge in [-0.25, -0.2) is 9.78 Å². The molecule has 2 aromatic carbocycles. The van der Waals surface area contributed by atoms with Crippen LogP contribution in [0.1, 0.15) is 60.0 Å². The van der Waals surface area contributed by atoms with Crippen molar-refractivity contribution >= 4 is 23.1 Å². The zero-order valence-corrected chi connectivity index (χ0v) is 18.0. The summed E-state index contributed by atoms with van der Waals surface area (Å²) in [6, 6.07) is 17.4. The lowest BCUT2D eigenvalue weighted by Crippen LogP contribution is -2.25. The van der Waals surface area contributed by atoms with E-state index in [4.69, 9.17) is 9.40 Å². The summed E-state index contributed by atoms with van der Waals surface area (Å²) in [5, 5.41) is 14.2. The molecule has 0 atom stereocenters. The van der Waals surface area contributed by atoms with E-state index in [1.54, 1.807) is 36.4 Å². The largest absolute Gasteiger partial charge is 0.478 e. The van der Waals surface area contributed by atoms with Crippen LogP contribution in [0.3, 0.4) is 0 Å². The van der Waals surface area contributed by atoms with Gasteiger partial charge in [0.05, 0.1) is 22.7 Å². The molecule has 1 saturated carbocycles. The summed E-state index contributed by atoms with van der Waals surface area (Å²) in [7, 11) is 0. The van der Waals surface area contributed by atoms with Gasteiger partial charge in [-0.2, -0.15) is 9.78 Å². The number of carboxylic acid groups (broad SMARTS) is 1. The van der Waals surface area contributed by atoms with Crippen LogP contribution in [0, 0.1) is 0 Å². The van der Waals surface area contributed by atoms with Crippen molar-refractivity contribution in [3.63, 3.8) is 0 Å². The highest BCUT2D eigenvalue weighted by Crippen LogP contribution is 2.31. The van der Waals surface area contributed by atoms with Gasteiger partial charge >= 0.3 is 5.97 Å². The van der Waals surface area contributed by atoms with Crippen LogP contribution in [0.15, 0.2) is 75.0 Å². The predicted molar refractivity (Wildman–Crippen MR) is 126 cm³/mol. The molecule has 5 rings (SSSR count). The Hall–Kier alpha value is -4.00. The third-order valence-electron chi connectivity index (χ3n) is 6.07. The number of aromatic nitrogens is 2. The van der Waals surface area contributed by atoms with Crippen molar-refractivity contribution < 1.29 is 14.3 Å². The Labute approximate surface area is 190 Å². The minimum atomic E-state index is -0.997. The number of fused-ring (bicyclic) bond motifs is 1. The number of hydrogen-bond donors (Lipinski definition) is 1. The Balaban J connectivity index is 1.52. The van der Waals surface area contributed by atoms with Gasteiger partial charge in [-0.15, -0.1) is 0 Å². The standard InChI is InChI=1S/C26H23N3O4/c30-25-21-11-4-5-12-22(21)28-24(17-7-2-1-3-8-17)29(25)27-16-20-13-14-23(33-20)18-9-6-10-19(15-18)26(31)32/h4-6,9-17H,1-3,7-8H2,(H,31,32). The van der Waals surface area contributed by atoms with Gasteiger partial charge in [0, 0.05) is 11.5 Å². The highest BCUT2D eigenvalue weighted by molar-refractivity contribution is 5.89. The number of hydrogen-bond acceptors (Lipinski definition) is 5. The summed E-state index contributed by atoms with van der Waals surface area (Å²) in [5.41, 5.74) is 1.33. The summed E-state index contributed by atoms with van der Waals surface area (Å²) in [4.78, 5) is 29.3. The molecule has 0 radical (unpaired) electrons. The maximum absolute atomic E-state index is 13.3. The third kappa shape index (κ3) is 4.22. The average Bonchev–Trinajstić information content (AvgIpc) is 3.33. The van der Waals surface area contributed by atoms with E-state index in [0.717, 1.165) is 25.7 Å². The minimum Gasteiger partial charge on any atom is -0.478 e. The first-order valence-corrected chi connectivity index (χ1v) is 11.1. The van der Waals surface area contributed by atoms with E-state index in [1.165, 1.54) is 23.4 Å². The van der Waals surface area contributed by atoms with Crippen molar-refractivity contribution in [2.24, 2.45) is 5.10 Å². The van der Waals surface area contributed by atoms with Crippen LogP contribution in [0.4, 0.5) is 0 Å². The van der Waals surface area contributed by atoms with Crippen molar-refractivity contribution in [2.75, 3.05) is 0 Å². The smallest absolute Gasteiger partial charge is 0.335 e. The van der Waals surface area contributed by atoms with Gasteiger partial charge in [0.2, 0.25) is 0 Å². The molecule has 4 aromatic rings. The van der Waals surface area contributed by atoms with E-state index in [9.17, 15) is 14.7 Å². The molecule has 0 unspecified atom stereocenters. The second-order valence-electron chi connectivity index (χ2n) is 8.27. The summed E-state index contributed by atoms with van der Waals surface area (Å²) < 4.78 is 7.27. The molecule has 1 aliphatic rings. The average molecular weight is 441 g/mol. The Morgan fingerprint density at radius 2 is 1.88 bits per heavy atom. The number of furan rings is 1. The normalized spacial score (nSPS) is 14.8. The Morgan fingerprint density at radius 3 is 2.70 bits per heavy atom. The minimum absolute atomic E-state index is 0.185. The van der Waals surface area contributed by atoms with Crippen LogP contribution < -0.4 is 5.56 Å². The van der Waals surface area contributed by atoms with Crippen molar-refractivity contribution in [3.8, 4) is 11.3 Å². The first kappa shape index (κ1) is 20.9. The molecule has 0 aliphatic heterocycles. The van der Waals surface area contributed by atoms with Crippen molar-refractivity contribution in [2.45, 2.75) is 38.0 Å². The Kier molecular flexibility index (Phi) is 5.60. The fourth-order valence-electron chi connectivity index (χ4n) is 4.37. The lowest BCUT2D eigenvalue weighted by atomic mass is 9.88. The van der Waals surface area contributed by atoms with Gasteiger partial charge in [0.15, 0.2) is 0 Å². The molecule has 7 heteroatoms. The van der Waals surface area contributed by atoms with Crippen molar-refractivity contribution in [3.05, 3.63) is 88.2 Å². The van der Waals surface area contributed by atoms with Gasteiger partial charge in [-0.05, 0) is 49.2 Å². The topological polar surface area (TPSA) is 97.7 Å². The number of para-hydroxylation sites is 1. The molecule has 7 nitrogen and oxygen atoms in total. The molecule has 1 fully saturated rings. The zero-order valence-electron chi connectivity index (χ0n) is 18.0.